The molecule has 6 nitrogen and oxygen atoms in total. The van der Waals surface area contributed by atoms with Crippen LogP contribution in [-0.2, 0) is 4.74 Å². The molecule has 1 aromatic heterocycles. The molecular weight excluding hydrogens is 234 g/mol. The minimum absolute atomic E-state index is 0.243. The molecule has 0 spiro atoms. The fraction of sp³-hybridized carbons (Fsp3) is 0.500. The number of rotatable bonds is 2. The number of aliphatic hydroxyl groups excluding tert-OH is 1. The maximum absolute atomic E-state index is 11.4. The van der Waals surface area contributed by atoms with Crippen molar-refractivity contribution in [3.8, 4) is 0 Å². The van der Waals surface area contributed by atoms with Gasteiger partial charge < -0.3 is 20.5 Å². The first-order valence-electron chi connectivity index (χ1n) is 5.89. The predicted octanol–water partition coefficient (Wildman–Crippen LogP) is 0.412. The van der Waals surface area contributed by atoms with Crippen LogP contribution in [-0.4, -0.2) is 42.4 Å². The average molecular weight is 251 g/mol. The molecule has 1 aromatic rings. The molecular formula is C12H17N3O3. The molecule has 0 aliphatic carbocycles. The summed E-state index contributed by atoms with van der Waals surface area (Å²) in [6.45, 7) is 1.37. The van der Waals surface area contributed by atoms with Gasteiger partial charge in [0, 0.05) is 13.1 Å². The molecule has 18 heavy (non-hydrogen) atoms. The lowest BCUT2D eigenvalue weighted by atomic mass is 10.1. The van der Waals surface area contributed by atoms with Gasteiger partial charge in [0.2, 0.25) is 0 Å². The number of methoxy groups -OCH3 is 1. The lowest BCUT2D eigenvalue weighted by molar-refractivity contribution is 0.0594. The number of aliphatic hydroxyl groups is 1. The van der Waals surface area contributed by atoms with E-state index in [1.54, 1.807) is 12.1 Å². The molecule has 1 aliphatic rings. The summed E-state index contributed by atoms with van der Waals surface area (Å²) in [5.41, 5.74) is 6.65. The van der Waals surface area contributed by atoms with Crippen LogP contribution in [0.1, 0.15) is 23.3 Å². The summed E-state index contributed by atoms with van der Waals surface area (Å²) < 4.78 is 4.63. The van der Waals surface area contributed by atoms with Gasteiger partial charge in [0.15, 0.2) is 11.5 Å². The minimum Gasteiger partial charge on any atom is -0.464 e. The van der Waals surface area contributed by atoms with E-state index in [9.17, 15) is 9.90 Å². The molecule has 98 valence electrons. The number of piperidine rings is 1. The van der Waals surface area contributed by atoms with Crippen LogP contribution in [0.25, 0.3) is 0 Å². The molecule has 3 N–H and O–H groups in total. The molecule has 0 radical (unpaired) electrons. The van der Waals surface area contributed by atoms with Crippen molar-refractivity contribution in [2.24, 2.45) is 0 Å². The average Bonchev–Trinajstić information content (AvgIpc) is 2.39. The Morgan fingerprint density at radius 2 is 2.17 bits per heavy atom. The van der Waals surface area contributed by atoms with Crippen LogP contribution >= 0.6 is 0 Å². The Kier molecular flexibility index (Phi) is 3.66. The second kappa shape index (κ2) is 5.22. The van der Waals surface area contributed by atoms with Crippen molar-refractivity contribution in [2.45, 2.75) is 18.9 Å². The molecule has 1 fully saturated rings. The maximum Gasteiger partial charge on any atom is 0.356 e. The van der Waals surface area contributed by atoms with Crippen LogP contribution < -0.4 is 10.6 Å². The molecule has 0 unspecified atom stereocenters. The van der Waals surface area contributed by atoms with E-state index < -0.39 is 5.97 Å². The monoisotopic (exact) mass is 251 g/mol. The van der Waals surface area contributed by atoms with Gasteiger partial charge in [-0.05, 0) is 25.0 Å². The zero-order valence-corrected chi connectivity index (χ0v) is 10.3. The molecule has 0 atom stereocenters. The first-order chi connectivity index (χ1) is 8.61. The Hall–Kier alpha value is -1.82. The second-order valence-corrected chi connectivity index (χ2v) is 4.32. The zero-order chi connectivity index (χ0) is 13.1. The summed E-state index contributed by atoms with van der Waals surface area (Å²) in [5, 5.41) is 9.47. The van der Waals surface area contributed by atoms with Crippen LogP contribution in [0.15, 0.2) is 12.1 Å². The summed E-state index contributed by atoms with van der Waals surface area (Å²) in [5.74, 6) is 0.109. The number of hydrogen-bond acceptors (Lipinski definition) is 6. The Bertz CT molecular complexity index is 442. The summed E-state index contributed by atoms with van der Waals surface area (Å²) >= 11 is 0. The summed E-state index contributed by atoms with van der Waals surface area (Å²) in [6.07, 6.45) is 1.11. The van der Waals surface area contributed by atoms with Crippen molar-refractivity contribution >= 4 is 17.5 Å². The molecule has 0 bridgehead atoms. The van der Waals surface area contributed by atoms with Crippen LogP contribution in [0.2, 0.25) is 0 Å². The minimum atomic E-state index is -0.478. The largest absolute Gasteiger partial charge is 0.464 e. The number of ether oxygens (including phenoxy) is 1. The normalized spacial score (nSPS) is 16.7. The van der Waals surface area contributed by atoms with Crippen LogP contribution in [0.3, 0.4) is 0 Å². The fourth-order valence-corrected chi connectivity index (χ4v) is 2.01. The van der Waals surface area contributed by atoms with Crippen LogP contribution in [0, 0.1) is 0 Å². The second-order valence-electron chi connectivity index (χ2n) is 4.32. The SMILES string of the molecule is COC(=O)c1ccc(N)c(N2CCC(O)CC2)n1. The van der Waals surface area contributed by atoms with Gasteiger partial charge >= 0.3 is 5.97 Å². The van der Waals surface area contributed by atoms with Crippen molar-refractivity contribution in [1.82, 2.24) is 4.98 Å². The summed E-state index contributed by atoms with van der Waals surface area (Å²) in [7, 11) is 1.32. The number of nitrogens with zero attached hydrogens (tertiary/aromatic N) is 2. The third-order valence-electron chi connectivity index (χ3n) is 3.06. The van der Waals surface area contributed by atoms with Gasteiger partial charge in [-0.2, -0.15) is 0 Å². The van der Waals surface area contributed by atoms with Gasteiger partial charge in [-0.1, -0.05) is 0 Å². The highest BCUT2D eigenvalue weighted by Crippen LogP contribution is 2.24. The van der Waals surface area contributed by atoms with E-state index in [2.05, 4.69) is 9.72 Å². The van der Waals surface area contributed by atoms with Crippen molar-refractivity contribution in [2.75, 3.05) is 30.8 Å². The van der Waals surface area contributed by atoms with E-state index in [0.29, 0.717) is 37.4 Å². The van der Waals surface area contributed by atoms with Gasteiger partial charge in [-0.15, -0.1) is 0 Å². The van der Waals surface area contributed by atoms with Crippen molar-refractivity contribution in [3.63, 3.8) is 0 Å². The number of carbonyl (C=O) groups is 1. The number of esters is 1. The Labute approximate surface area is 105 Å². The highest BCUT2D eigenvalue weighted by atomic mass is 16.5. The number of anilines is 2. The highest BCUT2D eigenvalue weighted by Gasteiger charge is 2.21. The van der Waals surface area contributed by atoms with Gasteiger partial charge in [0.1, 0.15) is 0 Å². The van der Waals surface area contributed by atoms with E-state index in [0.717, 1.165) is 0 Å². The van der Waals surface area contributed by atoms with Crippen molar-refractivity contribution in [1.29, 1.82) is 0 Å². The third-order valence-corrected chi connectivity index (χ3v) is 3.06. The molecule has 1 aliphatic heterocycles. The number of carbonyl (C=O) groups excluding carboxylic acids is 1. The molecule has 2 heterocycles. The molecule has 2 rings (SSSR count). The first-order valence-corrected chi connectivity index (χ1v) is 5.89. The van der Waals surface area contributed by atoms with Gasteiger partial charge in [0.05, 0.1) is 18.9 Å². The van der Waals surface area contributed by atoms with Crippen LogP contribution in [0.5, 0.6) is 0 Å². The first kappa shape index (κ1) is 12.6. The third kappa shape index (κ3) is 2.53. The smallest absolute Gasteiger partial charge is 0.356 e. The van der Waals surface area contributed by atoms with Gasteiger partial charge in [-0.25, -0.2) is 9.78 Å². The molecule has 0 saturated carbocycles. The van der Waals surface area contributed by atoms with Gasteiger partial charge in [0.25, 0.3) is 0 Å². The Balaban J connectivity index is 2.23. The predicted molar refractivity (Wildman–Crippen MR) is 67.4 cm³/mol. The van der Waals surface area contributed by atoms with Gasteiger partial charge in [-0.3, -0.25) is 0 Å². The number of aromatic nitrogens is 1. The standard InChI is InChI=1S/C12H17N3O3/c1-18-12(17)10-3-2-9(13)11(14-10)15-6-4-8(16)5-7-15/h2-3,8,16H,4-7,13H2,1H3. The van der Waals surface area contributed by atoms with Crippen molar-refractivity contribution in [3.05, 3.63) is 17.8 Å². The van der Waals surface area contributed by atoms with E-state index >= 15 is 0 Å². The van der Waals surface area contributed by atoms with E-state index in [4.69, 9.17) is 5.73 Å². The fourth-order valence-electron chi connectivity index (χ4n) is 2.01. The zero-order valence-electron chi connectivity index (χ0n) is 10.3. The summed E-state index contributed by atoms with van der Waals surface area (Å²) in [4.78, 5) is 17.6. The molecule has 1 saturated heterocycles. The number of nitrogens with two attached hydrogens (primary N) is 1. The van der Waals surface area contributed by atoms with Crippen LogP contribution in [0.4, 0.5) is 11.5 Å². The van der Waals surface area contributed by atoms with E-state index in [-0.39, 0.29) is 11.8 Å². The molecule has 6 heteroatoms. The molecule has 0 aromatic carbocycles. The summed E-state index contributed by atoms with van der Waals surface area (Å²) in [6, 6.07) is 3.20. The Morgan fingerprint density at radius 1 is 1.50 bits per heavy atom. The van der Waals surface area contributed by atoms with Crippen molar-refractivity contribution < 1.29 is 14.6 Å². The topological polar surface area (TPSA) is 88.7 Å². The van der Waals surface area contributed by atoms with E-state index in [1.807, 2.05) is 4.90 Å². The number of pyridine rings is 1. The Morgan fingerprint density at radius 3 is 2.78 bits per heavy atom. The lowest BCUT2D eigenvalue weighted by Gasteiger charge is -2.31. The maximum atomic E-state index is 11.4. The highest BCUT2D eigenvalue weighted by molar-refractivity contribution is 5.88. The van der Waals surface area contributed by atoms with E-state index in [1.165, 1.54) is 7.11 Å². The lowest BCUT2D eigenvalue weighted by Crippen LogP contribution is -2.37. The number of nitrogen functional groups attached to an aromatic ring is 1. The quantitative estimate of drug-likeness (QED) is 0.740. The number of hydrogen-bond donors (Lipinski definition) is 2. The molecule has 0 amide bonds.